The van der Waals surface area contributed by atoms with E-state index in [-0.39, 0.29) is 28.9 Å². The van der Waals surface area contributed by atoms with Gasteiger partial charge in [0.15, 0.2) is 8.32 Å². The van der Waals surface area contributed by atoms with Crippen LogP contribution in [0.15, 0.2) is 42.0 Å². The molecule has 1 saturated carbocycles. The van der Waals surface area contributed by atoms with Crippen LogP contribution in [0.1, 0.15) is 52.9 Å². The second-order valence-corrected chi connectivity index (χ2v) is 22.2. The topological polar surface area (TPSA) is 59.3 Å². The lowest BCUT2D eigenvalue weighted by Crippen LogP contribution is -2.46. The summed E-state index contributed by atoms with van der Waals surface area (Å²) in [6, 6.07) is 13.6. The molecular weight excluding hydrogens is 466 g/mol. The second-order valence-electron chi connectivity index (χ2n) is 12.7. The number of carbonyl (C=O) groups excluding carboxylic acids is 1. The molecule has 0 N–H and O–H groups in total. The number of esters is 1. The lowest BCUT2D eigenvalue weighted by molar-refractivity contribution is -0.140. The molecule has 0 radical (unpaired) electrons. The van der Waals surface area contributed by atoms with Crippen LogP contribution in [0.3, 0.4) is 0 Å². The highest BCUT2D eigenvalue weighted by atomic mass is 28.4. The summed E-state index contributed by atoms with van der Waals surface area (Å²) < 4.78 is 11.7. The quantitative estimate of drug-likeness (QED) is 0.207. The highest BCUT2D eigenvalue weighted by Crippen LogP contribution is 2.53. The molecule has 0 heterocycles. The van der Waals surface area contributed by atoms with Crippen molar-refractivity contribution >= 4 is 27.5 Å². The van der Waals surface area contributed by atoms with Gasteiger partial charge < -0.3 is 9.16 Å². The average molecular weight is 512 g/mol. The minimum atomic E-state index is -1.93. The van der Waals surface area contributed by atoms with E-state index in [1.54, 1.807) is 0 Å². The number of allylic oxidation sites excluding steroid dienone is 2. The van der Waals surface area contributed by atoms with Crippen molar-refractivity contribution in [1.29, 1.82) is 5.26 Å². The molecule has 1 aromatic rings. The lowest BCUT2D eigenvalue weighted by Gasteiger charge is -2.39. The Bertz CT molecular complexity index is 958. The fourth-order valence-electron chi connectivity index (χ4n) is 5.96. The number of nitriles is 1. The highest BCUT2D eigenvalue weighted by molar-refractivity contribution is 6.91. The molecule has 4 nitrogen and oxygen atoms in total. The predicted molar refractivity (Wildman–Crippen MR) is 149 cm³/mol. The van der Waals surface area contributed by atoms with Gasteiger partial charge in [0, 0.05) is 6.42 Å². The molecule has 35 heavy (non-hydrogen) atoms. The Labute approximate surface area is 215 Å². The van der Waals surface area contributed by atoms with Gasteiger partial charge in [0.2, 0.25) is 0 Å². The first-order chi connectivity index (χ1) is 16.3. The number of benzene rings is 1. The molecule has 0 amide bonds. The minimum Gasteiger partial charge on any atom is -0.469 e. The first kappa shape index (κ1) is 27.9. The monoisotopic (exact) mass is 511 g/mol. The maximum Gasteiger partial charge on any atom is 0.305 e. The van der Waals surface area contributed by atoms with Crippen LogP contribution in [0.5, 0.6) is 0 Å². The zero-order valence-electron chi connectivity index (χ0n) is 23.1. The van der Waals surface area contributed by atoms with E-state index in [2.05, 4.69) is 89.4 Å². The van der Waals surface area contributed by atoms with Crippen molar-refractivity contribution in [1.82, 2.24) is 0 Å². The highest BCUT2D eigenvalue weighted by Gasteiger charge is 2.51. The standard InChI is InChI=1S/C29H45NO3Si2/c1-29(2,3)35(7,8)33-26-19-21-17-22(18-24(21)25(26)20-30)27(15-12-16-28(31)32-4)34(5,6)23-13-10-9-11-14-23/h9-11,13-14,18,21,24-27H,12,15-17,19H2,1-8H3/t21-,24-,25+,26+,27-/m0/s1. The molecule has 2 aliphatic rings. The van der Waals surface area contributed by atoms with Crippen LogP contribution in [0, 0.1) is 29.1 Å². The van der Waals surface area contributed by atoms with Gasteiger partial charge in [0.1, 0.15) is 0 Å². The van der Waals surface area contributed by atoms with Gasteiger partial charge >= 0.3 is 5.97 Å². The molecule has 0 aromatic heterocycles. The van der Waals surface area contributed by atoms with Gasteiger partial charge in [-0.2, -0.15) is 5.26 Å². The summed E-state index contributed by atoms with van der Waals surface area (Å²) >= 11 is 0. The normalized spacial score (nSPS) is 25.5. The first-order valence-electron chi connectivity index (χ1n) is 13.2. The lowest BCUT2D eigenvalue weighted by atomic mass is 9.93. The summed E-state index contributed by atoms with van der Waals surface area (Å²) in [5.41, 5.74) is 1.98. The molecule has 3 rings (SSSR count). The fraction of sp³-hybridized carbons (Fsp3) is 0.655. The van der Waals surface area contributed by atoms with Crippen molar-refractivity contribution in [3.05, 3.63) is 42.0 Å². The van der Waals surface area contributed by atoms with Crippen molar-refractivity contribution in [2.75, 3.05) is 7.11 Å². The van der Waals surface area contributed by atoms with Gasteiger partial charge in [-0.3, -0.25) is 4.79 Å². The second kappa shape index (κ2) is 10.7. The zero-order valence-corrected chi connectivity index (χ0v) is 25.1. The van der Waals surface area contributed by atoms with Gasteiger partial charge in [0.25, 0.3) is 0 Å². The Morgan fingerprint density at radius 3 is 2.40 bits per heavy atom. The summed E-state index contributed by atoms with van der Waals surface area (Å²) in [5.74, 6) is 0.584. The van der Waals surface area contributed by atoms with Gasteiger partial charge in [-0.25, -0.2) is 0 Å². The maximum atomic E-state index is 11.8. The molecule has 6 heteroatoms. The largest absolute Gasteiger partial charge is 0.469 e. The van der Waals surface area contributed by atoms with Crippen molar-refractivity contribution in [2.45, 2.75) is 95.7 Å². The number of methoxy groups -OCH3 is 1. The number of nitrogens with zero attached hydrogens (tertiary/aromatic N) is 1. The summed E-state index contributed by atoms with van der Waals surface area (Å²) in [6.45, 7) is 16.3. The summed E-state index contributed by atoms with van der Waals surface area (Å²) in [4.78, 5) is 11.8. The third kappa shape index (κ3) is 6.01. The van der Waals surface area contributed by atoms with Crippen LogP contribution in [-0.4, -0.2) is 35.6 Å². The van der Waals surface area contributed by atoms with E-state index in [0.29, 0.717) is 17.9 Å². The van der Waals surface area contributed by atoms with Crippen LogP contribution in [0.25, 0.3) is 0 Å². The Balaban J connectivity index is 1.85. The number of rotatable bonds is 9. The Morgan fingerprint density at radius 1 is 1.17 bits per heavy atom. The van der Waals surface area contributed by atoms with Gasteiger partial charge in [-0.15, -0.1) is 0 Å². The van der Waals surface area contributed by atoms with Crippen molar-refractivity contribution in [3.8, 4) is 6.07 Å². The Kier molecular flexibility index (Phi) is 8.56. The van der Waals surface area contributed by atoms with Crippen LogP contribution < -0.4 is 5.19 Å². The van der Waals surface area contributed by atoms with Crippen LogP contribution in [-0.2, 0) is 14.0 Å². The summed E-state index contributed by atoms with van der Waals surface area (Å²) in [5, 5.41) is 11.8. The third-order valence-corrected chi connectivity index (χ3v) is 17.9. The maximum absolute atomic E-state index is 11.8. The van der Waals surface area contributed by atoms with Crippen molar-refractivity contribution in [3.63, 3.8) is 0 Å². The van der Waals surface area contributed by atoms with E-state index in [1.807, 2.05) is 0 Å². The smallest absolute Gasteiger partial charge is 0.305 e. The molecule has 2 aliphatic carbocycles. The number of hydrogen-bond acceptors (Lipinski definition) is 4. The SMILES string of the molecule is COC(=O)CCC[C@@H](C1=C[C@H]2[C@@H](C1)C[C@@H](O[Si](C)(C)C(C)(C)C)[C@@H]2C#N)[Si](C)(C)c1ccccc1. The van der Waals surface area contributed by atoms with Gasteiger partial charge in [0.05, 0.1) is 33.3 Å². The van der Waals surface area contributed by atoms with E-state index in [9.17, 15) is 10.1 Å². The molecule has 0 bridgehead atoms. The predicted octanol–water partition coefficient (Wildman–Crippen LogP) is 6.81. The minimum absolute atomic E-state index is 0.0471. The molecule has 0 unspecified atom stereocenters. The molecular formula is C29H45NO3Si2. The third-order valence-electron chi connectivity index (χ3n) is 9.14. The zero-order chi connectivity index (χ0) is 26.0. The first-order valence-corrected chi connectivity index (χ1v) is 19.2. The Morgan fingerprint density at radius 2 is 1.83 bits per heavy atom. The van der Waals surface area contributed by atoms with E-state index in [4.69, 9.17) is 9.16 Å². The summed E-state index contributed by atoms with van der Waals surface area (Å²) in [7, 11) is -2.31. The number of hydrogen-bond donors (Lipinski definition) is 0. The fourth-order valence-corrected chi connectivity index (χ4v) is 10.8. The number of ether oxygens (including phenoxy) is 1. The van der Waals surface area contributed by atoms with E-state index >= 15 is 0 Å². The van der Waals surface area contributed by atoms with Gasteiger partial charge in [-0.05, 0) is 61.2 Å². The van der Waals surface area contributed by atoms with Crippen molar-refractivity contribution < 1.29 is 14.0 Å². The van der Waals surface area contributed by atoms with Crippen LogP contribution >= 0.6 is 0 Å². The van der Waals surface area contributed by atoms with Crippen molar-refractivity contribution in [2.24, 2.45) is 17.8 Å². The van der Waals surface area contributed by atoms with E-state index < -0.39 is 16.4 Å². The molecule has 192 valence electrons. The molecule has 0 saturated heterocycles. The molecule has 1 fully saturated rings. The average Bonchev–Trinajstić information content (AvgIpc) is 3.32. The summed E-state index contributed by atoms with van der Waals surface area (Å²) in [6.07, 6.45) is 6.86. The molecule has 5 atom stereocenters. The van der Waals surface area contributed by atoms with E-state index in [1.165, 1.54) is 17.9 Å². The van der Waals surface area contributed by atoms with E-state index in [0.717, 1.165) is 25.7 Å². The molecule has 0 spiro atoms. The molecule has 1 aromatic carbocycles. The molecule has 0 aliphatic heterocycles. The number of carbonyl (C=O) groups is 1. The van der Waals surface area contributed by atoms with Crippen LogP contribution in [0.2, 0.25) is 36.8 Å². The van der Waals surface area contributed by atoms with Crippen LogP contribution in [0.4, 0.5) is 0 Å². The Hall–Kier alpha value is -1.69. The van der Waals surface area contributed by atoms with Gasteiger partial charge in [-0.1, -0.05) is 81.0 Å². The number of fused-ring (bicyclic) bond motifs is 1.